The van der Waals surface area contributed by atoms with Crippen LogP contribution in [-0.4, -0.2) is 40.8 Å². The topological polar surface area (TPSA) is 79.8 Å². The van der Waals surface area contributed by atoms with Crippen LogP contribution in [0.2, 0.25) is 5.02 Å². The number of guanidine groups is 1. The van der Waals surface area contributed by atoms with Crippen LogP contribution in [0.3, 0.4) is 0 Å². The van der Waals surface area contributed by atoms with Crippen LogP contribution in [0, 0.1) is 5.82 Å². The van der Waals surface area contributed by atoms with Gasteiger partial charge in [-0.3, -0.25) is 4.99 Å². The van der Waals surface area contributed by atoms with Gasteiger partial charge in [0, 0.05) is 24.9 Å². The molecule has 2 aromatic carbocycles. The summed E-state index contributed by atoms with van der Waals surface area (Å²) < 4.78 is 42.3. The van der Waals surface area contributed by atoms with Crippen LogP contribution in [0.4, 0.5) is 4.39 Å². The second-order valence-corrected chi connectivity index (χ2v) is 8.71. The molecule has 0 aliphatic rings. The highest BCUT2D eigenvalue weighted by atomic mass is 35.5. The van der Waals surface area contributed by atoms with Gasteiger partial charge >= 0.3 is 0 Å². The van der Waals surface area contributed by atoms with Crippen molar-refractivity contribution in [3.05, 3.63) is 64.4 Å². The van der Waals surface area contributed by atoms with Gasteiger partial charge in [0.25, 0.3) is 0 Å². The molecule has 0 aliphatic heterocycles. The molecule has 0 radical (unpaired) electrons. The first-order valence-corrected chi connectivity index (χ1v) is 11.0. The molecule has 152 valence electrons. The van der Waals surface area contributed by atoms with Crippen molar-refractivity contribution in [2.24, 2.45) is 4.99 Å². The molecule has 0 saturated carbocycles. The van der Waals surface area contributed by atoms with E-state index in [1.165, 1.54) is 18.2 Å². The van der Waals surface area contributed by atoms with Gasteiger partial charge in [-0.25, -0.2) is 12.8 Å². The third kappa shape index (κ3) is 7.74. The van der Waals surface area contributed by atoms with Crippen molar-refractivity contribution in [3.8, 4) is 5.75 Å². The Kier molecular flexibility index (Phi) is 8.07. The minimum atomic E-state index is -3.22. The zero-order valence-corrected chi connectivity index (χ0v) is 17.3. The first-order chi connectivity index (χ1) is 13.3. The molecule has 0 atom stereocenters. The molecule has 0 saturated heterocycles. The average Bonchev–Trinajstić information content (AvgIpc) is 2.63. The Labute approximate surface area is 169 Å². The van der Waals surface area contributed by atoms with Gasteiger partial charge in [0.05, 0.1) is 12.3 Å². The molecule has 2 rings (SSSR count). The number of benzene rings is 2. The fourth-order valence-corrected chi connectivity index (χ4v) is 3.42. The average molecular weight is 428 g/mol. The number of aliphatic imine (C=N–C) groups is 1. The highest BCUT2D eigenvalue weighted by Crippen LogP contribution is 2.15. The molecule has 0 fully saturated rings. The number of nitrogens with zero attached hydrogens (tertiary/aromatic N) is 1. The molecule has 0 heterocycles. The highest BCUT2D eigenvalue weighted by molar-refractivity contribution is 7.89. The van der Waals surface area contributed by atoms with Crippen molar-refractivity contribution >= 4 is 27.4 Å². The quantitative estimate of drug-likeness (QED) is 0.384. The van der Waals surface area contributed by atoms with E-state index in [0.717, 1.165) is 6.26 Å². The Hall–Kier alpha value is -2.32. The molecule has 0 unspecified atom stereocenters. The third-order valence-corrected chi connectivity index (χ3v) is 4.82. The van der Waals surface area contributed by atoms with Crippen LogP contribution in [0.5, 0.6) is 5.75 Å². The minimum absolute atomic E-state index is 0.148. The summed E-state index contributed by atoms with van der Waals surface area (Å²) in [4.78, 5) is 4.10. The van der Waals surface area contributed by atoms with Crippen LogP contribution in [0.25, 0.3) is 0 Å². The van der Waals surface area contributed by atoms with Crippen LogP contribution in [-0.2, 0) is 22.1 Å². The van der Waals surface area contributed by atoms with Crippen molar-refractivity contribution in [1.82, 2.24) is 10.6 Å². The maximum Gasteiger partial charge on any atom is 0.191 e. The summed E-state index contributed by atoms with van der Waals surface area (Å²) in [5.41, 5.74) is 1.11. The number of rotatable bonds is 8. The third-order valence-electron chi connectivity index (χ3n) is 3.73. The monoisotopic (exact) mass is 427 g/mol. The van der Waals surface area contributed by atoms with E-state index in [0.29, 0.717) is 41.0 Å². The molecule has 0 bridgehead atoms. The van der Waals surface area contributed by atoms with Crippen LogP contribution < -0.4 is 15.4 Å². The second-order valence-electron chi connectivity index (χ2n) is 6.14. The van der Waals surface area contributed by atoms with E-state index in [9.17, 15) is 12.8 Å². The predicted molar refractivity (Wildman–Crippen MR) is 110 cm³/mol. The lowest BCUT2D eigenvalue weighted by atomic mass is 10.1. The van der Waals surface area contributed by atoms with Gasteiger partial charge in [-0.15, -0.1) is 0 Å². The van der Waals surface area contributed by atoms with Gasteiger partial charge in [0.15, 0.2) is 15.8 Å². The van der Waals surface area contributed by atoms with Gasteiger partial charge in [-0.2, -0.15) is 0 Å². The molecule has 28 heavy (non-hydrogen) atoms. The normalized spacial score (nSPS) is 11.9. The SMILES string of the molecule is CN=C(NCCOc1ccc(Cl)cc1)NCc1cc(F)ccc1CS(C)(=O)=O. The van der Waals surface area contributed by atoms with Gasteiger partial charge in [0.2, 0.25) is 0 Å². The number of sulfone groups is 1. The van der Waals surface area contributed by atoms with Crippen molar-refractivity contribution in [3.63, 3.8) is 0 Å². The number of hydrogen-bond acceptors (Lipinski definition) is 4. The summed E-state index contributed by atoms with van der Waals surface area (Å²) in [6.45, 7) is 1.13. The highest BCUT2D eigenvalue weighted by Gasteiger charge is 2.11. The van der Waals surface area contributed by atoms with E-state index in [-0.39, 0.29) is 12.3 Å². The molecule has 2 N–H and O–H groups in total. The lowest BCUT2D eigenvalue weighted by Gasteiger charge is -2.14. The zero-order chi connectivity index (χ0) is 20.6. The molecule has 0 aliphatic carbocycles. The van der Waals surface area contributed by atoms with E-state index in [2.05, 4.69) is 15.6 Å². The van der Waals surface area contributed by atoms with Crippen molar-refractivity contribution in [2.75, 3.05) is 26.5 Å². The Balaban J connectivity index is 1.86. The van der Waals surface area contributed by atoms with Gasteiger partial charge in [-0.05, 0) is 47.5 Å². The fourth-order valence-electron chi connectivity index (χ4n) is 2.45. The Bertz CT molecular complexity index is 919. The predicted octanol–water partition coefficient (Wildman–Crippen LogP) is 2.77. The van der Waals surface area contributed by atoms with E-state index in [4.69, 9.17) is 16.3 Å². The number of hydrogen-bond donors (Lipinski definition) is 2. The molecule has 9 heteroatoms. The van der Waals surface area contributed by atoms with Crippen LogP contribution in [0.15, 0.2) is 47.5 Å². The maximum absolute atomic E-state index is 13.6. The summed E-state index contributed by atoms with van der Waals surface area (Å²) in [5, 5.41) is 6.77. The van der Waals surface area contributed by atoms with Gasteiger partial charge in [0.1, 0.15) is 18.2 Å². The Morgan fingerprint density at radius 3 is 2.50 bits per heavy atom. The van der Waals surface area contributed by atoms with Crippen LogP contribution in [0.1, 0.15) is 11.1 Å². The molecule has 0 amide bonds. The molecule has 0 spiro atoms. The number of ether oxygens (including phenoxy) is 1. The minimum Gasteiger partial charge on any atom is -0.492 e. The van der Waals surface area contributed by atoms with E-state index >= 15 is 0 Å². The number of nitrogens with one attached hydrogen (secondary N) is 2. The molecule has 2 aromatic rings. The molecule has 6 nitrogen and oxygen atoms in total. The van der Waals surface area contributed by atoms with Crippen LogP contribution >= 0.6 is 11.6 Å². The van der Waals surface area contributed by atoms with Gasteiger partial charge < -0.3 is 15.4 Å². The van der Waals surface area contributed by atoms with Crippen molar-refractivity contribution < 1.29 is 17.5 Å². The summed E-state index contributed by atoms with van der Waals surface area (Å²) in [5.74, 6) is 0.632. The van der Waals surface area contributed by atoms with Crippen molar-refractivity contribution in [1.29, 1.82) is 0 Å². The smallest absolute Gasteiger partial charge is 0.191 e. The Morgan fingerprint density at radius 1 is 1.14 bits per heavy atom. The Morgan fingerprint density at radius 2 is 1.86 bits per heavy atom. The van der Waals surface area contributed by atoms with E-state index in [1.54, 1.807) is 31.3 Å². The lowest BCUT2D eigenvalue weighted by Crippen LogP contribution is -2.39. The summed E-state index contributed by atoms with van der Waals surface area (Å²) in [6.07, 6.45) is 1.15. The summed E-state index contributed by atoms with van der Waals surface area (Å²) in [6, 6.07) is 11.1. The first kappa shape index (κ1) is 22.0. The summed E-state index contributed by atoms with van der Waals surface area (Å²) in [7, 11) is -1.61. The standard InChI is InChI=1S/C19H23ClFN3O3S/c1-22-19(23-9-10-27-18-7-4-16(20)5-8-18)24-12-15-11-17(21)6-3-14(15)13-28(2,25)26/h3-8,11H,9-10,12-13H2,1-2H3,(H2,22,23,24). The second kappa shape index (κ2) is 10.3. The fraction of sp³-hybridized carbons (Fsp3) is 0.316. The lowest BCUT2D eigenvalue weighted by molar-refractivity contribution is 0.322. The van der Waals surface area contributed by atoms with E-state index in [1.807, 2.05) is 0 Å². The molecular formula is C19H23ClFN3O3S. The van der Waals surface area contributed by atoms with Crippen molar-refractivity contribution in [2.45, 2.75) is 12.3 Å². The molecule has 0 aromatic heterocycles. The zero-order valence-electron chi connectivity index (χ0n) is 15.7. The number of halogens is 2. The maximum atomic E-state index is 13.6. The van der Waals surface area contributed by atoms with E-state index < -0.39 is 15.7 Å². The molecular weight excluding hydrogens is 405 g/mol. The van der Waals surface area contributed by atoms with Gasteiger partial charge in [-0.1, -0.05) is 17.7 Å². The largest absolute Gasteiger partial charge is 0.492 e. The first-order valence-electron chi connectivity index (χ1n) is 8.55. The summed E-state index contributed by atoms with van der Waals surface area (Å²) >= 11 is 5.83.